The van der Waals surface area contributed by atoms with E-state index in [1.807, 2.05) is 0 Å². The van der Waals surface area contributed by atoms with Crippen LogP contribution in [0.1, 0.15) is 36.1 Å². The largest absolute Gasteiger partial charge is 0.225 e. The van der Waals surface area contributed by atoms with Crippen LogP contribution >= 0.6 is 0 Å². The molecule has 174 valence electrons. The molecule has 5 aromatic carbocycles. The molecule has 1 atom stereocenters. The lowest BCUT2D eigenvalue weighted by Crippen LogP contribution is -2.39. The average Bonchev–Trinajstić information content (AvgIpc) is 3.16. The lowest BCUT2D eigenvalue weighted by atomic mass is 9.63. The first kappa shape index (κ1) is 21.3. The summed E-state index contributed by atoms with van der Waals surface area (Å²) in [7, 11) is 0. The summed E-state index contributed by atoms with van der Waals surface area (Å²) in [5, 5.41) is 5.31. The minimum Gasteiger partial charge on any atom is -0.225 e. The second kappa shape index (κ2) is 7.77. The predicted octanol–water partition coefficient (Wildman–Crippen LogP) is 7.84. The van der Waals surface area contributed by atoms with E-state index in [2.05, 4.69) is 140 Å². The molecule has 1 aliphatic heterocycles. The van der Waals surface area contributed by atoms with Gasteiger partial charge in [0, 0.05) is 25.0 Å². The Morgan fingerprint density at radius 2 is 1.31 bits per heavy atom. The molecule has 1 aliphatic carbocycles. The minimum absolute atomic E-state index is 0.124. The van der Waals surface area contributed by atoms with Gasteiger partial charge >= 0.3 is 0 Å². The van der Waals surface area contributed by atoms with Crippen molar-refractivity contribution in [3.63, 3.8) is 0 Å². The summed E-state index contributed by atoms with van der Waals surface area (Å²) in [4.78, 5) is 0. The molecule has 0 saturated heterocycles. The number of hydrogen-bond donors (Lipinski definition) is 0. The molecule has 2 aliphatic rings. The number of fused-ring (bicyclic) bond motifs is 5. The summed E-state index contributed by atoms with van der Waals surface area (Å²) in [5.41, 5.74) is 6.72. The molecule has 0 unspecified atom stereocenters. The standard InChI is InChI=1S/C35H30N/c1-34(2)33-21-20-25-12-8-11-19-32(25)35(33,28-15-4-3-5-16-28)24-36(34)23-31-29-17-9-6-13-26(29)22-27-14-7-10-18-30(27)31/h3-19,21-22,24H,20,23H2,1-2H3/q+1/t35-/m1/s1. The van der Waals surface area contributed by atoms with Gasteiger partial charge in [-0.3, -0.25) is 0 Å². The highest BCUT2D eigenvalue weighted by atomic mass is 15.1. The highest BCUT2D eigenvalue weighted by Crippen LogP contribution is 2.51. The van der Waals surface area contributed by atoms with Crippen LogP contribution in [0.15, 0.2) is 121 Å². The van der Waals surface area contributed by atoms with E-state index in [-0.39, 0.29) is 11.0 Å². The van der Waals surface area contributed by atoms with Gasteiger partial charge in [-0.05, 0) is 50.7 Å². The molecule has 1 heterocycles. The summed E-state index contributed by atoms with van der Waals surface area (Å²) in [6.45, 7) is 5.67. The van der Waals surface area contributed by atoms with Gasteiger partial charge in [-0.15, -0.1) is 0 Å². The van der Waals surface area contributed by atoms with Gasteiger partial charge in [-0.1, -0.05) is 109 Å². The Bertz CT molecular complexity index is 1650. The molecule has 0 amide bonds. The van der Waals surface area contributed by atoms with Crippen molar-refractivity contribution in [3.8, 4) is 0 Å². The van der Waals surface area contributed by atoms with Gasteiger partial charge in [0.15, 0.2) is 18.3 Å². The van der Waals surface area contributed by atoms with E-state index in [4.69, 9.17) is 0 Å². The Morgan fingerprint density at radius 3 is 2.03 bits per heavy atom. The molecule has 0 radical (unpaired) electrons. The zero-order valence-electron chi connectivity index (χ0n) is 20.9. The Labute approximate surface area is 213 Å². The van der Waals surface area contributed by atoms with Crippen LogP contribution in [0.4, 0.5) is 0 Å². The van der Waals surface area contributed by atoms with E-state index in [9.17, 15) is 0 Å². The first-order valence-corrected chi connectivity index (χ1v) is 13.0. The van der Waals surface area contributed by atoms with E-state index in [1.54, 1.807) is 0 Å². The van der Waals surface area contributed by atoms with Gasteiger partial charge in [-0.2, -0.15) is 0 Å². The quantitative estimate of drug-likeness (QED) is 0.145. The van der Waals surface area contributed by atoms with Crippen LogP contribution < -0.4 is 0 Å². The second-order valence-corrected chi connectivity index (χ2v) is 10.8. The highest BCUT2D eigenvalue weighted by molar-refractivity contribution is 6.02. The summed E-state index contributed by atoms with van der Waals surface area (Å²) < 4.78 is 2.61. The Hall–Kier alpha value is -3.97. The van der Waals surface area contributed by atoms with E-state index in [0.29, 0.717) is 0 Å². The third kappa shape index (κ3) is 2.92. The zero-order chi connectivity index (χ0) is 24.3. The second-order valence-electron chi connectivity index (χ2n) is 10.8. The number of rotatable bonds is 3. The van der Waals surface area contributed by atoms with E-state index < -0.39 is 0 Å². The van der Waals surface area contributed by atoms with Crippen molar-refractivity contribution in [2.24, 2.45) is 0 Å². The lowest BCUT2D eigenvalue weighted by Gasteiger charge is -2.35. The Balaban J connectivity index is 1.50. The van der Waals surface area contributed by atoms with Crippen LogP contribution in [0.25, 0.3) is 21.5 Å². The third-order valence-electron chi connectivity index (χ3n) is 8.56. The average molecular weight is 465 g/mol. The van der Waals surface area contributed by atoms with Crippen LogP contribution in [0.2, 0.25) is 0 Å². The van der Waals surface area contributed by atoms with E-state index >= 15 is 0 Å². The summed E-state index contributed by atoms with van der Waals surface area (Å²) in [6.07, 6.45) is 6.04. The Morgan fingerprint density at radius 1 is 0.694 bits per heavy atom. The molecule has 0 saturated carbocycles. The molecule has 0 N–H and O–H groups in total. The summed E-state index contributed by atoms with van der Waals surface area (Å²) in [6, 6.07) is 40.1. The maximum atomic E-state index is 2.61. The van der Waals surface area contributed by atoms with Gasteiger partial charge in [0.05, 0.1) is 0 Å². The van der Waals surface area contributed by atoms with Gasteiger partial charge < -0.3 is 0 Å². The molecule has 1 heteroatoms. The molecule has 1 nitrogen and oxygen atoms in total. The van der Waals surface area contributed by atoms with Crippen molar-refractivity contribution in [2.45, 2.75) is 37.8 Å². The van der Waals surface area contributed by atoms with Crippen molar-refractivity contribution in [1.29, 1.82) is 0 Å². The summed E-state index contributed by atoms with van der Waals surface area (Å²) >= 11 is 0. The van der Waals surface area contributed by atoms with Gasteiger partial charge in [-0.25, -0.2) is 4.58 Å². The molecule has 0 fully saturated rings. The van der Waals surface area contributed by atoms with Crippen molar-refractivity contribution in [1.82, 2.24) is 0 Å². The lowest BCUT2D eigenvalue weighted by molar-refractivity contribution is -0.594. The first-order chi connectivity index (χ1) is 17.6. The molecular weight excluding hydrogens is 434 g/mol. The van der Waals surface area contributed by atoms with E-state index in [0.717, 1.165) is 13.0 Å². The van der Waals surface area contributed by atoms with Gasteiger partial charge in [0.25, 0.3) is 0 Å². The number of hydrogen-bond acceptors (Lipinski definition) is 0. The maximum absolute atomic E-state index is 2.61. The zero-order valence-corrected chi connectivity index (χ0v) is 20.9. The molecule has 0 spiro atoms. The fourth-order valence-corrected chi connectivity index (χ4v) is 6.80. The topological polar surface area (TPSA) is 3.01 Å². The molecule has 0 aromatic heterocycles. The van der Waals surface area contributed by atoms with Crippen LogP contribution in [-0.2, 0) is 18.4 Å². The molecule has 7 rings (SSSR count). The first-order valence-electron chi connectivity index (χ1n) is 13.0. The van der Waals surface area contributed by atoms with Crippen LogP contribution in [0.5, 0.6) is 0 Å². The highest BCUT2D eigenvalue weighted by Gasteiger charge is 2.58. The van der Waals surface area contributed by atoms with Gasteiger partial charge in [0.2, 0.25) is 0 Å². The number of benzene rings is 5. The normalized spacial score (nSPS) is 20.1. The predicted molar refractivity (Wildman–Crippen MR) is 151 cm³/mol. The van der Waals surface area contributed by atoms with Crippen molar-refractivity contribution in [3.05, 3.63) is 143 Å². The molecule has 0 bridgehead atoms. The molecule has 5 aromatic rings. The van der Waals surface area contributed by atoms with Crippen LogP contribution in [0, 0.1) is 0 Å². The van der Waals surface area contributed by atoms with E-state index in [1.165, 1.54) is 49.4 Å². The van der Waals surface area contributed by atoms with Crippen molar-refractivity contribution in [2.75, 3.05) is 0 Å². The SMILES string of the molecule is CC1(C)C2=CCc3ccccc3[C@]2(c2ccccc2)C=[N+]1Cc1c2ccccc2cc2ccccc12. The summed E-state index contributed by atoms with van der Waals surface area (Å²) in [5.74, 6) is 0. The fourth-order valence-electron chi connectivity index (χ4n) is 6.80. The third-order valence-corrected chi connectivity index (χ3v) is 8.56. The fraction of sp³-hybridized carbons (Fsp3) is 0.171. The maximum Gasteiger partial charge on any atom is 0.180 e. The van der Waals surface area contributed by atoms with Crippen LogP contribution in [-0.4, -0.2) is 16.3 Å². The minimum atomic E-state index is -0.250. The van der Waals surface area contributed by atoms with Gasteiger partial charge in [0.1, 0.15) is 5.41 Å². The number of nitrogens with zero attached hydrogens (tertiary/aromatic N) is 1. The smallest absolute Gasteiger partial charge is 0.180 e. The number of allylic oxidation sites excluding steroid dienone is 1. The molecule has 36 heavy (non-hydrogen) atoms. The van der Waals surface area contributed by atoms with Crippen molar-refractivity contribution < 1.29 is 4.58 Å². The Kier molecular flexibility index (Phi) is 4.60. The molecular formula is C35H30N+. The van der Waals surface area contributed by atoms with Crippen molar-refractivity contribution >= 4 is 27.8 Å². The monoisotopic (exact) mass is 464 g/mol. The van der Waals surface area contributed by atoms with Crippen LogP contribution in [0.3, 0.4) is 0 Å².